The molecule has 64 valence electrons. The third kappa shape index (κ3) is 2.43. The molecule has 5 heteroatoms. The van der Waals surface area contributed by atoms with Crippen molar-refractivity contribution in [1.29, 1.82) is 0 Å². The minimum absolute atomic E-state index is 0.244. The van der Waals surface area contributed by atoms with Crippen LogP contribution in [0.4, 0.5) is 0 Å². The number of thiazole rings is 1. The molecule has 4 nitrogen and oxygen atoms in total. The van der Waals surface area contributed by atoms with E-state index in [1.807, 2.05) is 14.1 Å². The van der Waals surface area contributed by atoms with Gasteiger partial charge in [0.1, 0.15) is 4.88 Å². The van der Waals surface area contributed by atoms with Gasteiger partial charge in [0.15, 0.2) is 0 Å². The van der Waals surface area contributed by atoms with E-state index in [0.717, 1.165) is 0 Å². The Balaban J connectivity index is 2.62. The van der Waals surface area contributed by atoms with Crippen LogP contribution in [0.15, 0.2) is 16.7 Å². The molecule has 0 aliphatic carbocycles. The minimum atomic E-state index is -0.244. The Bertz CT molecular complexity index is 279. The molecule has 0 aliphatic heterocycles. The SMILES string of the molecule is CN(C)C=NC(=O)c1cncs1. The summed E-state index contributed by atoms with van der Waals surface area (Å²) in [6.07, 6.45) is 2.99. The van der Waals surface area contributed by atoms with E-state index in [4.69, 9.17) is 0 Å². The third-order valence-electron chi connectivity index (χ3n) is 1.05. The zero-order valence-electron chi connectivity index (χ0n) is 6.89. The summed E-state index contributed by atoms with van der Waals surface area (Å²) in [5.41, 5.74) is 1.61. The molecule has 12 heavy (non-hydrogen) atoms. The van der Waals surface area contributed by atoms with E-state index < -0.39 is 0 Å². The normalized spacial score (nSPS) is 10.5. The minimum Gasteiger partial charge on any atom is -0.369 e. The fraction of sp³-hybridized carbons (Fsp3) is 0.286. The molecule has 0 unspecified atom stereocenters. The van der Waals surface area contributed by atoms with Gasteiger partial charge in [0, 0.05) is 14.1 Å². The first-order valence-electron chi connectivity index (χ1n) is 3.33. The van der Waals surface area contributed by atoms with Crippen molar-refractivity contribution in [3.63, 3.8) is 0 Å². The van der Waals surface area contributed by atoms with E-state index in [-0.39, 0.29) is 5.91 Å². The van der Waals surface area contributed by atoms with E-state index in [2.05, 4.69) is 9.98 Å². The molecular weight excluding hydrogens is 174 g/mol. The smallest absolute Gasteiger partial charge is 0.290 e. The van der Waals surface area contributed by atoms with Crippen molar-refractivity contribution < 1.29 is 4.79 Å². The van der Waals surface area contributed by atoms with Crippen molar-refractivity contribution >= 4 is 23.6 Å². The maximum absolute atomic E-state index is 11.2. The molecule has 0 saturated carbocycles. The van der Waals surface area contributed by atoms with Crippen molar-refractivity contribution in [2.45, 2.75) is 0 Å². The number of amides is 1. The van der Waals surface area contributed by atoms with Gasteiger partial charge in [0.25, 0.3) is 5.91 Å². The first kappa shape index (κ1) is 8.86. The lowest BCUT2D eigenvalue weighted by atomic mass is 10.5. The third-order valence-corrected chi connectivity index (χ3v) is 1.81. The highest BCUT2D eigenvalue weighted by atomic mass is 32.1. The van der Waals surface area contributed by atoms with Crippen molar-refractivity contribution in [3.05, 3.63) is 16.6 Å². The second kappa shape index (κ2) is 3.96. The summed E-state index contributed by atoms with van der Waals surface area (Å²) in [5, 5.41) is 0. The maximum atomic E-state index is 11.2. The molecular formula is C7H9N3OS. The fourth-order valence-corrected chi connectivity index (χ4v) is 1.06. The Morgan fingerprint density at radius 1 is 1.75 bits per heavy atom. The molecule has 0 aromatic carbocycles. The second-order valence-electron chi connectivity index (χ2n) is 2.38. The molecule has 1 aromatic rings. The van der Waals surface area contributed by atoms with Gasteiger partial charge < -0.3 is 4.90 Å². The maximum Gasteiger partial charge on any atom is 0.290 e. The number of nitrogens with zero attached hydrogens (tertiary/aromatic N) is 3. The molecule has 0 aliphatic rings. The lowest BCUT2D eigenvalue weighted by molar-refractivity contribution is 0.101. The summed E-state index contributed by atoms with van der Waals surface area (Å²) in [6.45, 7) is 0. The lowest BCUT2D eigenvalue weighted by Crippen LogP contribution is -2.09. The molecule has 1 rings (SSSR count). The number of hydrogen-bond donors (Lipinski definition) is 0. The summed E-state index contributed by atoms with van der Waals surface area (Å²) in [4.78, 5) is 20.9. The van der Waals surface area contributed by atoms with Gasteiger partial charge in [0.2, 0.25) is 0 Å². The van der Waals surface area contributed by atoms with Crippen LogP contribution in [0.2, 0.25) is 0 Å². The van der Waals surface area contributed by atoms with E-state index in [1.165, 1.54) is 23.9 Å². The largest absolute Gasteiger partial charge is 0.369 e. The molecule has 0 N–H and O–H groups in total. The Hall–Kier alpha value is -1.23. The second-order valence-corrected chi connectivity index (χ2v) is 3.27. The molecule has 1 heterocycles. The Labute approximate surface area is 74.6 Å². The Kier molecular flexibility index (Phi) is 2.93. The predicted octanol–water partition coefficient (Wildman–Crippen LogP) is 0.873. The van der Waals surface area contributed by atoms with Crippen LogP contribution in [-0.4, -0.2) is 36.2 Å². The first-order valence-corrected chi connectivity index (χ1v) is 4.21. The van der Waals surface area contributed by atoms with Gasteiger partial charge in [-0.1, -0.05) is 0 Å². The molecule has 0 saturated heterocycles. The summed E-state index contributed by atoms with van der Waals surface area (Å²) >= 11 is 1.29. The highest BCUT2D eigenvalue weighted by Gasteiger charge is 2.03. The number of aliphatic imine (C=N–C) groups is 1. The van der Waals surface area contributed by atoms with Gasteiger partial charge in [-0.2, -0.15) is 4.99 Å². The van der Waals surface area contributed by atoms with Gasteiger partial charge in [-0.15, -0.1) is 11.3 Å². The van der Waals surface area contributed by atoms with Crippen molar-refractivity contribution in [2.75, 3.05) is 14.1 Å². The van der Waals surface area contributed by atoms with E-state index in [9.17, 15) is 4.79 Å². The fourth-order valence-electron chi connectivity index (χ4n) is 0.553. The van der Waals surface area contributed by atoms with Crippen LogP contribution in [0.3, 0.4) is 0 Å². The van der Waals surface area contributed by atoms with E-state index in [0.29, 0.717) is 4.88 Å². The van der Waals surface area contributed by atoms with E-state index >= 15 is 0 Å². The van der Waals surface area contributed by atoms with Gasteiger partial charge in [-0.05, 0) is 0 Å². The highest BCUT2D eigenvalue weighted by Crippen LogP contribution is 2.06. The molecule has 0 bridgehead atoms. The number of carbonyl (C=O) groups excluding carboxylic acids is 1. The van der Waals surface area contributed by atoms with Crippen LogP contribution in [0.1, 0.15) is 9.67 Å². The van der Waals surface area contributed by atoms with Crippen LogP contribution < -0.4 is 0 Å². The Morgan fingerprint density at radius 2 is 2.50 bits per heavy atom. The number of aromatic nitrogens is 1. The topological polar surface area (TPSA) is 45.6 Å². The van der Waals surface area contributed by atoms with Crippen LogP contribution in [0.25, 0.3) is 0 Å². The van der Waals surface area contributed by atoms with Crippen molar-refractivity contribution in [1.82, 2.24) is 9.88 Å². The molecule has 1 amide bonds. The van der Waals surface area contributed by atoms with Crippen LogP contribution in [0.5, 0.6) is 0 Å². The summed E-state index contributed by atoms with van der Waals surface area (Å²) in [5.74, 6) is -0.244. The quantitative estimate of drug-likeness (QED) is 0.505. The predicted molar refractivity (Wildman–Crippen MR) is 48.6 cm³/mol. The number of hydrogen-bond acceptors (Lipinski definition) is 3. The lowest BCUT2D eigenvalue weighted by Gasteiger charge is -2.00. The first-order chi connectivity index (χ1) is 5.70. The standard InChI is InChI=1S/C7H9N3OS/c1-10(2)4-9-7(11)6-3-8-5-12-6/h3-5H,1-2H3. The average Bonchev–Trinajstić information content (AvgIpc) is 2.51. The molecule has 0 spiro atoms. The van der Waals surface area contributed by atoms with Crippen LogP contribution >= 0.6 is 11.3 Å². The van der Waals surface area contributed by atoms with Gasteiger partial charge >= 0.3 is 0 Å². The molecule has 0 fully saturated rings. The zero-order chi connectivity index (χ0) is 8.97. The van der Waals surface area contributed by atoms with Crippen molar-refractivity contribution in [3.8, 4) is 0 Å². The van der Waals surface area contributed by atoms with Gasteiger partial charge in [-0.3, -0.25) is 9.78 Å². The molecule has 0 radical (unpaired) electrons. The summed E-state index contributed by atoms with van der Waals surface area (Å²) in [6, 6.07) is 0. The summed E-state index contributed by atoms with van der Waals surface area (Å²) in [7, 11) is 3.62. The summed E-state index contributed by atoms with van der Waals surface area (Å²) < 4.78 is 0. The molecule has 1 aromatic heterocycles. The van der Waals surface area contributed by atoms with E-state index in [1.54, 1.807) is 10.4 Å². The number of carbonyl (C=O) groups is 1. The monoisotopic (exact) mass is 183 g/mol. The molecule has 0 atom stereocenters. The van der Waals surface area contributed by atoms with Crippen LogP contribution in [-0.2, 0) is 0 Å². The highest BCUT2D eigenvalue weighted by molar-refractivity contribution is 7.11. The Morgan fingerprint density at radius 3 is 3.00 bits per heavy atom. The van der Waals surface area contributed by atoms with Gasteiger partial charge in [-0.25, -0.2) is 0 Å². The number of rotatable bonds is 2. The zero-order valence-corrected chi connectivity index (χ0v) is 7.71. The van der Waals surface area contributed by atoms with Crippen molar-refractivity contribution in [2.24, 2.45) is 4.99 Å². The van der Waals surface area contributed by atoms with Crippen LogP contribution in [0, 0.1) is 0 Å². The van der Waals surface area contributed by atoms with Gasteiger partial charge in [0.05, 0.1) is 18.0 Å². The average molecular weight is 183 g/mol.